The maximum Gasteiger partial charge on any atom is 0.224 e. The van der Waals surface area contributed by atoms with Crippen LogP contribution in [0.25, 0.3) is 0 Å². The largest absolute Gasteiger partial charge is 0.369 e. The second-order valence-electron chi connectivity index (χ2n) is 6.29. The molecule has 0 aromatic heterocycles. The zero-order chi connectivity index (χ0) is 14.8. The van der Waals surface area contributed by atoms with Crippen molar-refractivity contribution in [2.75, 3.05) is 6.54 Å². The van der Waals surface area contributed by atoms with Gasteiger partial charge in [0.2, 0.25) is 5.91 Å². The summed E-state index contributed by atoms with van der Waals surface area (Å²) >= 11 is 0. The lowest BCUT2D eigenvalue weighted by Gasteiger charge is -2.44. The number of nitrogens with two attached hydrogens (primary N) is 1. The third-order valence-corrected chi connectivity index (χ3v) is 4.23. The molecular formula is C16H21N3O. The minimum atomic E-state index is -0.558. The predicted octanol–water partition coefficient (Wildman–Crippen LogP) is 1.71. The summed E-state index contributed by atoms with van der Waals surface area (Å²) in [5.74, 6) is -0.307. The molecule has 1 aliphatic carbocycles. The minimum absolute atomic E-state index is 0.272. The van der Waals surface area contributed by atoms with Gasteiger partial charge in [-0.2, -0.15) is 5.26 Å². The second-order valence-corrected chi connectivity index (χ2v) is 6.29. The average Bonchev–Trinajstić information content (AvgIpc) is 2.38. The molecule has 0 spiro atoms. The van der Waals surface area contributed by atoms with Crippen molar-refractivity contribution in [1.29, 1.82) is 5.26 Å². The van der Waals surface area contributed by atoms with Crippen molar-refractivity contribution >= 4 is 5.91 Å². The van der Waals surface area contributed by atoms with Gasteiger partial charge in [-0.3, -0.25) is 4.79 Å². The highest BCUT2D eigenvalue weighted by atomic mass is 16.1. The summed E-state index contributed by atoms with van der Waals surface area (Å²) in [6, 6.07) is 12.6. The summed E-state index contributed by atoms with van der Waals surface area (Å²) < 4.78 is 0. The first-order chi connectivity index (χ1) is 9.39. The number of hydrogen-bond acceptors (Lipinski definition) is 3. The van der Waals surface area contributed by atoms with Crippen LogP contribution in [0.5, 0.6) is 0 Å². The van der Waals surface area contributed by atoms with E-state index >= 15 is 0 Å². The highest BCUT2D eigenvalue weighted by molar-refractivity contribution is 5.80. The average molecular weight is 271 g/mol. The van der Waals surface area contributed by atoms with Gasteiger partial charge in [-0.15, -0.1) is 0 Å². The number of amides is 1. The number of carbonyl (C=O) groups is 1. The Hall–Kier alpha value is -1.86. The lowest BCUT2D eigenvalue weighted by Crippen LogP contribution is -2.54. The fourth-order valence-electron chi connectivity index (χ4n) is 2.56. The molecule has 0 bridgehead atoms. The van der Waals surface area contributed by atoms with E-state index in [1.54, 1.807) is 0 Å². The molecule has 0 saturated heterocycles. The number of nitrogens with zero attached hydrogens (tertiary/aromatic N) is 1. The van der Waals surface area contributed by atoms with Crippen molar-refractivity contribution in [3.63, 3.8) is 0 Å². The van der Waals surface area contributed by atoms with E-state index < -0.39 is 5.41 Å². The van der Waals surface area contributed by atoms with Gasteiger partial charge < -0.3 is 11.1 Å². The fourth-order valence-corrected chi connectivity index (χ4v) is 2.56. The van der Waals surface area contributed by atoms with Crippen LogP contribution in [0.4, 0.5) is 0 Å². The molecule has 0 atom stereocenters. The molecule has 1 fully saturated rings. The smallest absolute Gasteiger partial charge is 0.224 e. The topological polar surface area (TPSA) is 78.9 Å². The van der Waals surface area contributed by atoms with E-state index in [-0.39, 0.29) is 17.4 Å². The van der Waals surface area contributed by atoms with E-state index in [0.29, 0.717) is 6.54 Å². The maximum absolute atomic E-state index is 11.3. The molecule has 1 amide bonds. The molecule has 4 heteroatoms. The molecule has 106 valence electrons. The molecule has 1 saturated carbocycles. The van der Waals surface area contributed by atoms with E-state index in [9.17, 15) is 10.1 Å². The number of benzene rings is 1. The first kappa shape index (κ1) is 14.5. The quantitative estimate of drug-likeness (QED) is 0.855. The summed E-state index contributed by atoms with van der Waals surface area (Å²) in [6.07, 6.45) is 1.56. The highest BCUT2D eigenvalue weighted by Crippen LogP contribution is 2.43. The van der Waals surface area contributed by atoms with Gasteiger partial charge in [0.25, 0.3) is 0 Å². The van der Waals surface area contributed by atoms with Gasteiger partial charge in [-0.1, -0.05) is 30.3 Å². The molecule has 2 rings (SSSR count). The van der Waals surface area contributed by atoms with Crippen molar-refractivity contribution in [3.05, 3.63) is 35.9 Å². The van der Waals surface area contributed by atoms with Gasteiger partial charge in [0, 0.05) is 12.6 Å². The monoisotopic (exact) mass is 271 g/mol. The highest BCUT2D eigenvalue weighted by Gasteiger charge is 2.46. The third-order valence-electron chi connectivity index (χ3n) is 4.23. The molecule has 0 heterocycles. The Balaban J connectivity index is 1.94. The van der Waals surface area contributed by atoms with E-state index in [4.69, 9.17) is 5.73 Å². The second kappa shape index (κ2) is 5.26. The number of carbonyl (C=O) groups excluding carboxylic acids is 1. The number of primary amides is 1. The molecule has 0 unspecified atom stereocenters. The predicted molar refractivity (Wildman–Crippen MR) is 77.7 cm³/mol. The van der Waals surface area contributed by atoms with E-state index in [0.717, 1.165) is 18.4 Å². The Morgan fingerprint density at radius 1 is 1.45 bits per heavy atom. The Morgan fingerprint density at radius 2 is 2.05 bits per heavy atom. The summed E-state index contributed by atoms with van der Waals surface area (Å²) in [6.45, 7) is 4.20. The summed E-state index contributed by atoms with van der Waals surface area (Å²) in [5.41, 5.74) is 5.50. The molecule has 1 aromatic rings. The molecule has 20 heavy (non-hydrogen) atoms. The van der Waals surface area contributed by atoms with Gasteiger partial charge in [-0.25, -0.2) is 0 Å². The number of hydrogen-bond donors (Lipinski definition) is 2. The van der Waals surface area contributed by atoms with Crippen molar-refractivity contribution in [3.8, 4) is 6.07 Å². The van der Waals surface area contributed by atoms with Gasteiger partial charge in [0.1, 0.15) is 0 Å². The van der Waals surface area contributed by atoms with Crippen LogP contribution in [-0.4, -0.2) is 18.5 Å². The third kappa shape index (κ3) is 2.68. The van der Waals surface area contributed by atoms with Crippen LogP contribution in [0.2, 0.25) is 0 Å². The van der Waals surface area contributed by atoms with Crippen LogP contribution >= 0.6 is 0 Å². The van der Waals surface area contributed by atoms with Crippen LogP contribution in [-0.2, 0) is 10.2 Å². The lowest BCUT2D eigenvalue weighted by atomic mass is 9.62. The fraction of sp³-hybridized carbons (Fsp3) is 0.500. The Kier molecular flexibility index (Phi) is 3.82. The number of nitrogens with one attached hydrogen (secondary N) is 1. The van der Waals surface area contributed by atoms with Gasteiger partial charge in [-0.05, 0) is 32.3 Å². The van der Waals surface area contributed by atoms with Crippen molar-refractivity contribution < 1.29 is 4.79 Å². The first-order valence-corrected chi connectivity index (χ1v) is 6.90. The number of rotatable bonds is 5. The van der Waals surface area contributed by atoms with E-state index in [2.05, 4.69) is 11.4 Å². The maximum atomic E-state index is 11.3. The minimum Gasteiger partial charge on any atom is -0.369 e. The Bertz CT molecular complexity index is 524. The molecule has 1 aliphatic rings. The van der Waals surface area contributed by atoms with Gasteiger partial charge in [0.05, 0.1) is 16.9 Å². The van der Waals surface area contributed by atoms with E-state index in [1.807, 2.05) is 44.2 Å². The summed E-state index contributed by atoms with van der Waals surface area (Å²) in [5, 5.41) is 12.8. The van der Waals surface area contributed by atoms with Gasteiger partial charge >= 0.3 is 0 Å². The van der Waals surface area contributed by atoms with Crippen LogP contribution < -0.4 is 11.1 Å². The van der Waals surface area contributed by atoms with Crippen LogP contribution in [0.3, 0.4) is 0 Å². The van der Waals surface area contributed by atoms with Gasteiger partial charge in [0.15, 0.2) is 0 Å². The SMILES string of the molecule is CC(C)(CNC1CC(C#N)(c2ccccc2)C1)C(N)=O. The normalized spacial score (nSPS) is 25.6. The molecule has 1 aromatic carbocycles. The molecule has 3 N–H and O–H groups in total. The Labute approximate surface area is 120 Å². The van der Waals surface area contributed by atoms with Crippen molar-refractivity contribution in [2.24, 2.45) is 11.1 Å². The molecule has 4 nitrogen and oxygen atoms in total. The van der Waals surface area contributed by atoms with Crippen molar-refractivity contribution in [1.82, 2.24) is 5.32 Å². The molecular weight excluding hydrogens is 250 g/mol. The lowest BCUT2D eigenvalue weighted by molar-refractivity contribution is -0.125. The molecule has 0 aliphatic heterocycles. The first-order valence-electron chi connectivity index (χ1n) is 6.90. The number of nitriles is 1. The zero-order valence-corrected chi connectivity index (χ0v) is 12.0. The zero-order valence-electron chi connectivity index (χ0n) is 12.0. The van der Waals surface area contributed by atoms with E-state index in [1.165, 1.54) is 0 Å². The van der Waals surface area contributed by atoms with Crippen LogP contribution in [0.1, 0.15) is 32.3 Å². The van der Waals surface area contributed by atoms with Crippen molar-refractivity contribution in [2.45, 2.75) is 38.1 Å². The summed E-state index contributed by atoms with van der Waals surface area (Å²) in [4.78, 5) is 11.3. The van der Waals surface area contributed by atoms with Crippen LogP contribution in [0, 0.1) is 16.7 Å². The van der Waals surface area contributed by atoms with Crippen LogP contribution in [0.15, 0.2) is 30.3 Å². The summed E-state index contributed by atoms with van der Waals surface area (Å²) in [7, 11) is 0. The Morgan fingerprint density at radius 3 is 2.55 bits per heavy atom. The standard InChI is InChI=1S/C16H21N3O/c1-15(2,14(18)20)11-19-13-8-16(9-13,10-17)12-6-4-3-5-7-12/h3-7,13,19H,8-9,11H2,1-2H3,(H2,18,20). The molecule has 0 radical (unpaired) electrons.